The molecule has 2 N–H and O–H groups in total. The van der Waals surface area contributed by atoms with Gasteiger partial charge in [-0.1, -0.05) is 60.2 Å². The molecule has 0 bridgehead atoms. The number of rotatable bonds is 6. The van der Waals surface area contributed by atoms with Crippen LogP contribution >= 0.6 is 23.4 Å². The highest BCUT2D eigenvalue weighted by molar-refractivity contribution is 8.00. The number of anilines is 1. The van der Waals surface area contributed by atoms with Gasteiger partial charge in [0.15, 0.2) is 0 Å². The van der Waals surface area contributed by atoms with Gasteiger partial charge in [-0.05, 0) is 72.4 Å². The third-order valence-corrected chi connectivity index (χ3v) is 7.74. The number of amides is 1. The first-order valence-electron chi connectivity index (χ1n) is 11.4. The Morgan fingerprint density at radius 2 is 1.91 bits per heavy atom. The van der Waals surface area contributed by atoms with Crippen molar-refractivity contribution in [3.8, 4) is 0 Å². The van der Waals surface area contributed by atoms with Gasteiger partial charge in [0, 0.05) is 21.5 Å². The summed E-state index contributed by atoms with van der Waals surface area (Å²) in [5.74, 6) is 1.03. The van der Waals surface area contributed by atoms with Gasteiger partial charge in [-0.25, -0.2) is 5.43 Å². The number of nitrogens with one attached hydrogen (secondary N) is 2. The van der Waals surface area contributed by atoms with E-state index < -0.39 is 0 Å². The Kier molecular flexibility index (Phi) is 6.75. The van der Waals surface area contributed by atoms with Crippen molar-refractivity contribution >= 4 is 40.7 Å². The predicted octanol–water partition coefficient (Wildman–Crippen LogP) is 6.80. The summed E-state index contributed by atoms with van der Waals surface area (Å²) in [5, 5.41) is 8.82. The van der Waals surface area contributed by atoms with E-state index in [9.17, 15) is 4.79 Å². The van der Waals surface area contributed by atoms with E-state index in [0.29, 0.717) is 28.7 Å². The maximum Gasteiger partial charge on any atom is 0.250 e. The van der Waals surface area contributed by atoms with Crippen LogP contribution in [0.5, 0.6) is 0 Å². The van der Waals surface area contributed by atoms with Crippen LogP contribution < -0.4 is 10.7 Å². The SMILES string of the molecule is C/C(=N/NC(=O)CSc1ccc(Cl)cc1)c1ccc2c(c1)[C@@H]1C=CC[C@@H]1[C@H](c1ccccc1)N2. The van der Waals surface area contributed by atoms with E-state index in [1.54, 1.807) is 0 Å². The van der Waals surface area contributed by atoms with E-state index in [2.05, 4.69) is 76.5 Å². The molecular weight excluding hydrogens is 462 g/mol. The van der Waals surface area contributed by atoms with Crippen LogP contribution in [0.1, 0.15) is 42.0 Å². The lowest BCUT2D eigenvalue weighted by Gasteiger charge is -2.37. The molecule has 0 fully saturated rings. The Morgan fingerprint density at radius 3 is 2.71 bits per heavy atom. The molecule has 3 aromatic rings. The van der Waals surface area contributed by atoms with Crippen LogP contribution in [0.15, 0.2) is 94.9 Å². The van der Waals surface area contributed by atoms with Gasteiger partial charge >= 0.3 is 0 Å². The minimum Gasteiger partial charge on any atom is -0.378 e. The predicted molar refractivity (Wildman–Crippen MR) is 142 cm³/mol. The summed E-state index contributed by atoms with van der Waals surface area (Å²) in [6.07, 6.45) is 5.70. The number of fused-ring (bicyclic) bond motifs is 3. The molecule has 1 amide bonds. The molecule has 0 unspecified atom stereocenters. The van der Waals surface area contributed by atoms with Crippen molar-refractivity contribution in [2.45, 2.75) is 30.2 Å². The van der Waals surface area contributed by atoms with E-state index in [1.165, 1.54) is 28.6 Å². The number of benzene rings is 3. The molecule has 2 aliphatic rings. The smallest absolute Gasteiger partial charge is 0.250 e. The summed E-state index contributed by atoms with van der Waals surface area (Å²) in [6, 6.07) is 24.9. The second-order valence-corrected chi connectivity index (χ2v) is 10.1. The molecule has 0 radical (unpaired) electrons. The van der Waals surface area contributed by atoms with Crippen molar-refractivity contribution in [3.05, 3.63) is 107 Å². The van der Waals surface area contributed by atoms with E-state index >= 15 is 0 Å². The van der Waals surface area contributed by atoms with Crippen molar-refractivity contribution < 1.29 is 4.79 Å². The molecule has 1 heterocycles. The molecule has 172 valence electrons. The van der Waals surface area contributed by atoms with E-state index in [0.717, 1.165) is 22.6 Å². The highest BCUT2D eigenvalue weighted by Crippen LogP contribution is 2.49. The minimum absolute atomic E-state index is 0.136. The van der Waals surface area contributed by atoms with Crippen molar-refractivity contribution in [1.29, 1.82) is 0 Å². The lowest BCUT2D eigenvalue weighted by atomic mass is 9.76. The van der Waals surface area contributed by atoms with Crippen LogP contribution in [0.25, 0.3) is 0 Å². The van der Waals surface area contributed by atoms with E-state index in [4.69, 9.17) is 11.6 Å². The molecule has 3 atom stereocenters. The number of hydrogen-bond acceptors (Lipinski definition) is 4. The van der Waals surface area contributed by atoms with E-state index in [1.807, 2.05) is 31.2 Å². The number of hydrazone groups is 1. The zero-order valence-corrected chi connectivity index (χ0v) is 20.4. The first-order valence-corrected chi connectivity index (χ1v) is 12.8. The number of halogens is 1. The zero-order valence-electron chi connectivity index (χ0n) is 18.9. The summed E-state index contributed by atoms with van der Waals surface area (Å²) in [6.45, 7) is 1.93. The molecule has 1 aliphatic heterocycles. The fourth-order valence-corrected chi connectivity index (χ4v) is 5.55. The number of nitrogens with zero attached hydrogens (tertiary/aromatic N) is 1. The van der Waals surface area contributed by atoms with Gasteiger partial charge in [-0.2, -0.15) is 5.10 Å². The van der Waals surface area contributed by atoms with Crippen LogP contribution in [0, 0.1) is 5.92 Å². The molecule has 0 saturated heterocycles. The largest absolute Gasteiger partial charge is 0.378 e. The van der Waals surface area contributed by atoms with Crippen molar-refractivity contribution in [1.82, 2.24) is 5.43 Å². The summed E-state index contributed by atoms with van der Waals surface area (Å²) in [4.78, 5) is 13.3. The van der Waals surface area contributed by atoms with Crippen LogP contribution in [0.4, 0.5) is 5.69 Å². The highest BCUT2D eigenvalue weighted by atomic mass is 35.5. The molecule has 0 saturated carbocycles. The molecule has 1 aliphatic carbocycles. The molecule has 6 heteroatoms. The Hall–Kier alpha value is -3.02. The molecule has 3 aromatic carbocycles. The van der Waals surface area contributed by atoms with Gasteiger partial charge in [0.2, 0.25) is 5.91 Å². The molecular formula is C28H26ClN3OS. The normalized spacial score (nSPS) is 20.9. The summed E-state index contributed by atoms with van der Waals surface area (Å²) >= 11 is 7.37. The number of allylic oxidation sites excluding steroid dienone is 2. The van der Waals surface area contributed by atoms with Gasteiger partial charge < -0.3 is 5.32 Å². The van der Waals surface area contributed by atoms with Crippen LogP contribution in [0.2, 0.25) is 5.02 Å². The second-order valence-electron chi connectivity index (χ2n) is 8.66. The van der Waals surface area contributed by atoms with Crippen LogP contribution in [-0.4, -0.2) is 17.4 Å². The summed E-state index contributed by atoms with van der Waals surface area (Å²) < 4.78 is 0. The third-order valence-electron chi connectivity index (χ3n) is 6.47. The molecule has 34 heavy (non-hydrogen) atoms. The average molecular weight is 488 g/mol. The van der Waals surface area contributed by atoms with E-state index in [-0.39, 0.29) is 5.91 Å². The van der Waals surface area contributed by atoms with Crippen molar-refractivity contribution in [2.24, 2.45) is 11.0 Å². The lowest BCUT2D eigenvalue weighted by Crippen LogP contribution is -2.29. The number of carbonyl (C=O) groups excluding carboxylic acids is 1. The van der Waals surface area contributed by atoms with Crippen molar-refractivity contribution in [2.75, 3.05) is 11.1 Å². The Bertz CT molecular complexity index is 1240. The number of carbonyl (C=O) groups is 1. The van der Waals surface area contributed by atoms with Gasteiger partial charge in [0.25, 0.3) is 0 Å². The molecule has 4 nitrogen and oxygen atoms in total. The maximum atomic E-state index is 12.3. The Morgan fingerprint density at radius 1 is 1.12 bits per heavy atom. The van der Waals surface area contributed by atoms with Gasteiger partial charge in [0.05, 0.1) is 17.5 Å². The monoisotopic (exact) mass is 487 g/mol. The molecule has 0 aromatic heterocycles. The first-order chi connectivity index (χ1) is 16.6. The van der Waals surface area contributed by atoms with Gasteiger partial charge in [-0.15, -0.1) is 11.8 Å². The Balaban J connectivity index is 1.28. The topological polar surface area (TPSA) is 53.5 Å². The summed E-state index contributed by atoms with van der Waals surface area (Å²) in [7, 11) is 0. The molecule has 5 rings (SSSR count). The highest BCUT2D eigenvalue weighted by Gasteiger charge is 2.37. The van der Waals surface area contributed by atoms with Gasteiger partial charge in [0.1, 0.15) is 0 Å². The fraction of sp³-hybridized carbons (Fsp3) is 0.214. The van der Waals surface area contributed by atoms with Crippen LogP contribution in [-0.2, 0) is 4.79 Å². The Labute approximate surface area is 209 Å². The van der Waals surface area contributed by atoms with Crippen LogP contribution in [0.3, 0.4) is 0 Å². The zero-order chi connectivity index (χ0) is 23.5. The minimum atomic E-state index is -0.136. The number of thioether (sulfide) groups is 1. The van der Waals surface area contributed by atoms with Crippen molar-refractivity contribution in [3.63, 3.8) is 0 Å². The quantitative estimate of drug-likeness (QED) is 0.174. The van der Waals surface area contributed by atoms with Gasteiger partial charge in [-0.3, -0.25) is 4.79 Å². The fourth-order valence-electron chi connectivity index (χ4n) is 4.73. The number of hydrogen-bond donors (Lipinski definition) is 2. The molecule has 0 spiro atoms. The first kappa shape index (κ1) is 22.8. The second kappa shape index (κ2) is 10.1. The average Bonchev–Trinajstić information content (AvgIpc) is 3.37. The maximum absolute atomic E-state index is 12.3. The third kappa shape index (κ3) is 4.91. The summed E-state index contributed by atoms with van der Waals surface area (Å²) in [5.41, 5.74) is 8.28. The standard InChI is InChI=1S/C28H26ClN3OS/c1-18(31-32-27(33)17-34-22-13-11-21(29)12-14-22)20-10-15-26-25(16-20)23-8-5-9-24(23)28(30-26)19-6-3-2-4-7-19/h2-8,10-16,23-24,28,30H,9,17H2,1H3,(H,32,33)/b31-18-/t23-,24+,28+/m1/s1. The lowest BCUT2D eigenvalue weighted by molar-refractivity contribution is -0.118.